The third kappa shape index (κ3) is 28.3. The Hall–Kier alpha value is -3.32. The first-order chi connectivity index (χ1) is 24.0. The van der Waals surface area contributed by atoms with E-state index < -0.39 is 12.3 Å². The molecule has 3 aromatic heterocycles. The molecule has 0 aliphatic carbocycles. The van der Waals surface area contributed by atoms with Crippen LogP contribution in [0.15, 0.2) is 53.5 Å². The van der Waals surface area contributed by atoms with Gasteiger partial charge in [0.05, 0.1) is 19.6 Å². The fourth-order valence-electron chi connectivity index (χ4n) is 3.29. The number of rotatable bonds is 12. The largest absolute Gasteiger partial charge is 1.00 e. The van der Waals surface area contributed by atoms with Crippen LogP contribution in [0.2, 0.25) is 10.3 Å². The van der Waals surface area contributed by atoms with Gasteiger partial charge in [-0.3, -0.25) is 19.8 Å². The Bertz CT molecular complexity index is 1450. The zero-order chi connectivity index (χ0) is 37.6. The molecule has 4 rings (SSSR count). The molecule has 1 saturated heterocycles. The van der Waals surface area contributed by atoms with Crippen molar-refractivity contribution in [2.75, 3.05) is 39.6 Å². The molecule has 1 aliphatic rings. The number of carbonyl (C=O) groups is 3. The molecule has 5 N–H and O–H groups in total. The van der Waals surface area contributed by atoms with Crippen LogP contribution in [-0.4, -0.2) is 95.4 Å². The Balaban J connectivity index is -0.000000591. The summed E-state index contributed by atoms with van der Waals surface area (Å²) >= 11 is 11.2. The molecule has 16 nitrogen and oxygen atoms in total. The van der Waals surface area contributed by atoms with Crippen molar-refractivity contribution in [2.24, 2.45) is 5.73 Å². The van der Waals surface area contributed by atoms with Crippen LogP contribution >= 0.6 is 23.2 Å². The molecular weight excluding hydrogens is 734 g/mol. The molecule has 19 heteroatoms. The molecular formula is C33H47Cl2N6NaO10. The van der Waals surface area contributed by atoms with E-state index in [1.165, 1.54) is 25.1 Å². The standard InChI is InChI=1S/C9H6ClN3O.C9H18O4.C6H6ClN3.C5H8O3.C4H8O.Na.H2O/c10-7-3-1-2-6(12-7)9-11-5-4-8(14)13-9;1-4-11-8(10)7-9(12-5-2)13-6-3;7-5-3-1-2-4(10-5)6(8)9;1-2-8-5(7)3-4-6;1-2-4-5-3-1;;/h1-5H,(H,11,13,14);9H,4-7H2,1-3H3;1-3H,(H3,8,9);4H,2-3H2,1H3;1-4H2;;1H2/q;;;;;+1;/p-1. The number of ether oxygens (including phenoxy) is 5. The third-order valence-electron chi connectivity index (χ3n) is 5.35. The second kappa shape index (κ2) is 34.7. The first kappa shape index (κ1) is 53.0. The minimum absolute atomic E-state index is 0. The van der Waals surface area contributed by atoms with E-state index in [1.54, 1.807) is 50.2 Å². The van der Waals surface area contributed by atoms with Gasteiger partial charge in [-0.15, -0.1) is 0 Å². The van der Waals surface area contributed by atoms with Crippen LogP contribution in [0, 0.1) is 5.41 Å². The van der Waals surface area contributed by atoms with E-state index in [-0.39, 0.29) is 65.2 Å². The zero-order valence-corrected chi connectivity index (χ0v) is 33.7. The summed E-state index contributed by atoms with van der Waals surface area (Å²) in [4.78, 5) is 56.1. The van der Waals surface area contributed by atoms with Crippen LogP contribution in [0.25, 0.3) is 11.5 Å². The van der Waals surface area contributed by atoms with E-state index >= 15 is 0 Å². The summed E-state index contributed by atoms with van der Waals surface area (Å²) in [7, 11) is 0. The van der Waals surface area contributed by atoms with Crippen LogP contribution in [-0.2, 0) is 38.1 Å². The van der Waals surface area contributed by atoms with Gasteiger partial charge < -0.3 is 44.7 Å². The van der Waals surface area contributed by atoms with E-state index in [0.29, 0.717) is 60.2 Å². The maximum Gasteiger partial charge on any atom is 1.00 e. The van der Waals surface area contributed by atoms with E-state index in [0.717, 1.165) is 13.2 Å². The molecule has 0 amide bonds. The van der Waals surface area contributed by atoms with Crippen LogP contribution in [0.3, 0.4) is 0 Å². The summed E-state index contributed by atoms with van der Waals surface area (Å²) in [6, 6.07) is 11.4. The topological polar surface area (TPSA) is 249 Å². The monoisotopic (exact) mass is 780 g/mol. The molecule has 52 heavy (non-hydrogen) atoms. The summed E-state index contributed by atoms with van der Waals surface area (Å²) in [5.41, 5.74) is 5.89. The number of carbonyl (C=O) groups excluding carboxylic acids is 3. The molecule has 0 unspecified atom stereocenters. The molecule has 1 aliphatic heterocycles. The van der Waals surface area contributed by atoms with Crippen molar-refractivity contribution in [3.63, 3.8) is 0 Å². The van der Waals surface area contributed by atoms with Crippen molar-refractivity contribution < 1.29 is 73.1 Å². The molecule has 0 bridgehead atoms. The first-order valence-corrected chi connectivity index (χ1v) is 16.5. The molecule has 0 saturated carbocycles. The maximum atomic E-state index is 11.0. The molecule has 284 valence electrons. The molecule has 1 fully saturated rings. The number of aldehydes is 1. The van der Waals surface area contributed by atoms with Gasteiger partial charge in [0.25, 0.3) is 5.56 Å². The van der Waals surface area contributed by atoms with Crippen molar-refractivity contribution >= 4 is 47.3 Å². The van der Waals surface area contributed by atoms with E-state index in [2.05, 4.69) is 24.7 Å². The van der Waals surface area contributed by atoms with Gasteiger partial charge >= 0.3 is 41.5 Å². The molecule has 0 atom stereocenters. The Kier molecular flexibility index (Phi) is 35.4. The summed E-state index contributed by atoms with van der Waals surface area (Å²) < 4.78 is 24.5. The Morgan fingerprint density at radius 3 is 1.90 bits per heavy atom. The average molecular weight is 782 g/mol. The second-order valence-corrected chi connectivity index (χ2v) is 10.0. The van der Waals surface area contributed by atoms with Crippen LogP contribution in [0.4, 0.5) is 0 Å². The normalized spacial score (nSPS) is 10.7. The van der Waals surface area contributed by atoms with Crippen LogP contribution < -0.4 is 40.9 Å². The van der Waals surface area contributed by atoms with Crippen LogP contribution in [0.5, 0.6) is 0 Å². The van der Waals surface area contributed by atoms with Gasteiger partial charge in [-0.2, -0.15) is 0 Å². The number of aromatic nitrogens is 4. The smallest absolute Gasteiger partial charge is 0.870 e. The quantitative estimate of drug-likeness (QED) is 0.0345. The Labute approximate surface area is 335 Å². The summed E-state index contributed by atoms with van der Waals surface area (Å²) in [5, 5.41) is 7.71. The minimum atomic E-state index is -0.464. The third-order valence-corrected chi connectivity index (χ3v) is 5.77. The number of nitrogens with two attached hydrogens (primary N) is 1. The second-order valence-electron chi connectivity index (χ2n) is 9.23. The van der Waals surface area contributed by atoms with E-state index in [1.807, 2.05) is 13.8 Å². The number of nitrogens with zero attached hydrogens (tertiary/aromatic N) is 3. The van der Waals surface area contributed by atoms with Crippen molar-refractivity contribution in [3.8, 4) is 11.5 Å². The minimum Gasteiger partial charge on any atom is -0.870 e. The van der Waals surface area contributed by atoms with Gasteiger partial charge in [0.2, 0.25) is 0 Å². The number of nitrogen functional groups attached to an aromatic ring is 1. The van der Waals surface area contributed by atoms with Crippen molar-refractivity contribution in [1.82, 2.24) is 19.9 Å². The number of esters is 2. The number of hydrogen-bond acceptors (Lipinski definition) is 14. The van der Waals surface area contributed by atoms with Gasteiger partial charge in [-0.05, 0) is 64.8 Å². The SMILES string of the molecule is C1CCOC1.CCOC(=O)CC(OCC)OCC.CCOC(=O)CC=O.N=C(N)c1cccc(Cl)n1.O=c1ccnc(-c2cccc(Cl)n2)[nH]1.[Na+].[OH-]. The predicted octanol–water partition coefficient (Wildman–Crippen LogP) is 1.61. The summed E-state index contributed by atoms with van der Waals surface area (Å²) in [5.74, 6) is -0.389. The fourth-order valence-corrected chi connectivity index (χ4v) is 3.62. The number of amidine groups is 1. The molecule has 0 aromatic carbocycles. The van der Waals surface area contributed by atoms with Gasteiger partial charge in [-0.1, -0.05) is 35.3 Å². The number of halogens is 2. The number of nitrogens with one attached hydrogen (secondary N) is 2. The Morgan fingerprint density at radius 1 is 0.923 bits per heavy atom. The summed E-state index contributed by atoms with van der Waals surface area (Å²) in [6.45, 7) is 11.0. The first-order valence-electron chi connectivity index (χ1n) is 15.7. The predicted molar refractivity (Wildman–Crippen MR) is 191 cm³/mol. The fraction of sp³-hybridized carbons (Fsp3) is 0.455. The van der Waals surface area contributed by atoms with E-state index in [9.17, 15) is 19.2 Å². The average Bonchev–Trinajstić information content (AvgIpc) is 3.67. The Morgan fingerprint density at radius 2 is 1.48 bits per heavy atom. The van der Waals surface area contributed by atoms with Gasteiger partial charge in [0.15, 0.2) is 12.1 Å². The van der Waals surface area contributed by atoms with Gasteiger partial charge in [-0.25, -0.2) is 15.0 Å². The molecule has 3 aromatic rings. The molecule has 0 radical (unpaired) electrons. The summed E-state index contributed by atoms with van der Waals surface area (Å²) in [6.07, 6.45) is 4.08. The van der Waals surface area contributed by atoms with Crippen molar-refractivity contribution in [2.45, 2.75) is 59.7 Å². The molecule has 4 heterocycles. The molecule has 0 spiro atoms. The number of aromatic amines is 1. The van der Waals surface area contributed by atoms with Crippen molar-refractivity contribution in [3.05, 3.63) is 75.0 Å². The van der Waals surface area contributed by atoms with E-state index in [4.69, 9.17) is 53.3 Å². The number of H-pyrrole nitrogens is 1. The zero-order valence-electron chi connectivity index (χ0n) is 30.1. The van der Waals surface area contributed by atoms with Gasteiger partial charge in [0, 0.05) is 38.7 Å². The maximum absolute atomic E-state index is 11.0. The van der Waals surface area contributed by atoms with Crippen molar-refractivity contribution in [1.29, 1.82) is 5.41 Å². The van der Waals surface area contributed by atoms with Gasteiger partial charge in [0.1, 0.15) is 40.2 Å². The van der Waals surface area contributed by atoms with Crippen LogP contribution in [0.1, 0.15) is 59.1 Å². The number of pyridine rings is 2. The number of hydrogen-bond donors (Lipinski definition) is 3.